The molecule has 1 atom stereocenters. The van der Waals surface area contributed by atoms with E-state index >= 15 is 0 Å². The van der Waals surface area contributed by atoms with E-state index in [-0.39, 0.29) is 0 Å². The number of hydrazone groups is 1. The molecule has 1 heterocycles. The van der Waals surface area contributed by atoms with E-state index in [0.717, 1.165) is 14.1 Å². The largest absolute Gasteiger partial charge is 0.497 e. The summed E-state index contributed by atoms with van der Waals surface area (Å²) in [5, 5.41) is 7.67. The lowest BCUT2D eigenvalue weighted by molar-refractivity contribution is -0.131. The number of nitrogens with one attached hydrogen (secondary N) is 1. The molecular formula is C18H16IN3O3. The zero-order valence-corrected chi connectivity index (χ0v) is 15.9. The first kappa shape index (κ1) is 17.4. The van der Waals surface area contributed by atoms with Crippen molar-refractivity contribution in [2.75, 3.05) is 7.11 Å². The second-order valence-electron chi connectivity index (χ2n) is 5.67. The standard InChI is InChI=1S/C18H16IN3O3/c1-18(13-7-9-14(25-2)10-8-13)16(23)22(17(24)21-18)20-11-12-5-3-4-6-15(12)19/h3-11H,1-2H3,(H,21,24)/b20-11-/t18-/m1/s1. The molecule has 0 spiro atoms. The minimum atomic E-state index is -1.16. The zero-order chi connectivity index (χ0) is 18.0. The van der Waals surface area contributed by atoms with Crippen molar-refractivity contribution in [1.82, 2.24) is 10.3 Å². The first-order chi connectivity index (χ1) is 12.0. The van der Waals surface area contributed by atoms with Gasteiger partial charge in [-0.3, -0.25) is 4.79 Å². The van der Waals surface area contributed by atoms with Crippen molar-refractivity contribution in [2.24, 2.45) is 5.10 Å². The van der Waals surface area contributed by atoms with Gasteiger partial charge in [0.15, 0.2) is 0 Å². The van der Waals surface area contributed by atoms with Crippen LogP contribution in [0.5, 0.6) is 5.75 Å². The highest BCUT2D eigenvalue weighted by Gasteiger charge is 2.49. The van der Waals surface area contributed by atoms with Crippen LogP contribution in [0.2, 0.25) is 0 Å². The summed E-state index contributed by atoms with van der Waals surface area (Å²) in [4.78, 5) is 25.1. The summed E-state index contributed by atoms with van der Waals surface area (Å²) in [6, 6.07) is 14.0. The summed E-state index contributed by atoms with van der Waals surface area (Å²) in [6.07, 6.45) is 1.51. The van der Waals surface area contributed by atoms with Crippen LogP contribution in [0.3, 0.4) is 0 Å². The summed E-state index contributed by atoms with van der Waals surface area (Å²) >= 11 is 2.17. The minimum absolute atomic E-state index is 0.426. The van der Waals surface area contributed by atoms with Crippen molar-refractivity contribution >= 4 is 40.7 Å². The maximum Gasteiger partial charge on any atom is 0.346 e. The number of nitrogens with zero attached hydrogens (tertiary/aromatic N) is 2. The molecule has 0 aliphatic carbocycles. The Balaban J connectivity index is 1.87. The molecule has 0 unspecified atom stereocenters. The predicted octanol–water partition coefficient (Wildman–Crippen LogP) is 3.10. The summed E-state index contributed by atoms with van der Waals surface area (Å²) < 4.78 is 6.11. The molecule has 0 aromatic heterocycles. The third kappa shape index (κ3) is 3.23. The van der Waals surface area contributed by atoms with Crippen LogP contribution in [-0.2, 0) is 10.3 Å². The number of urea groups is 1. The van der Waals surface area contributed by atoms with Gasteiger partial charge in [-0.05, 0) is 53.3 Å². The molecule has 1 N–H and O–H groups in total. The third-order valence-corrected chi connectivity index (χ3v) is 5.04. The number of methoxy groups -OCH3 is 1. The van der Waals surface area contributed by atoms with Gasteiger partial charge in [-0.25, -0.2) is 4.79 Å². The highest BCUT2D eigenvalue weighted by Crippen LogP contribution is 2.30. The molecule has 0 radical (unpaired) electrons. The Morgan fingerprint density at radius 3 is 2.48 bits per heavy atom. The lowest BCUT2D eigenvalue weighted by atomic mass is 9.92. The van der Waals surface area contributed by atoms with Gasteiger partial charge >= 0.3 is 6.03 Å². The van der Waals surface area contributed by atoms with Gasteiger partial charge in [0.1, 0.15) is 11.3 Å². The number of carbonyl (C=O) groups is 2. The van der Waals surface area contributed by atoms with Crippen LogP contribution in [-0.4, -0.2) is 30.3 Å². The van der Waals surface area contributed by atoms with E-state index < -0.39 is 17.5 Å². The SMILES string of the molecule is COc1ccc([C@@]2(C)NC(=O)N(/N=C\c3ccccc3I)C2=O)cc1. The molecule has 2 aromatic rings. The number of benzene rings is 2. The van der Waals surface area contributed by atoms with Crippen LogP contribution in [0.15, 0.2) is 53.6 Å². The fourth-order valence-electron chi connectivity index (χ4n) is 2.55. The normalized spacial score (nSPS) is 20.2. The minimum Gasteiger partial charge on any atom is -0.497 e. The molecule has 0 bridgehead atoms. The lowest BCUT2D eigenvalue weighted by Crippen LogP contribution is -2.40. The molecule has 25 heavy (non-hydrogen) atoms. The molecule has 3 rings (SSSR count). The first-order valence-corrected chi connectivity index (χ1v) is 8.63. The first-order valence-electron chi connectivity index (χ1n) is 7.55. The number of amides is 3. The van der Waals surface area contributed by atoms with Gasteiger partial charge in [0, 0.05) is 9.13 Å². The number of halogens is 1. The van der Waals surface area contributed by atoms with Gasteiger partial charge in [-0.1, -0.05) is 30.3 Å². The van der Waals surface area contributed by atoms with E-state index in [4.69, 9.17) is 4.74 Å². The fourth-order valence-corrected chi connectivity index (χ4v) is 3.08. The Bertz CT molecular complexity index is 851. The Labute approximate surface area is 159 Å². The van der Waals surface area contributed by atoms with Gasteiger partial charge < -0.3 is 10.1 Å². The van der Waals surface area contributed by atoms with E-state index in [1.807, 2.05) is 24.3 Å². The quantitative estimate of drug-likeness (QED) is 0.443. The molecule has 2 aromatic carbocycles. The number of imide groups is 1. The lowest BCUT2D eigenvalue weighted by Gasteiger charge is -2.21. The van der Waals surface area contributed by atoms with Crippen LogP contribution in [0.25, 0.3) is 0 Å². The molecule has 3 amide bonds. The predicted molar refractivity (Wildman–Crippen MR) is 102 cm³/mol. The van der Waals surface area contributed by atoms with Gasteiger partial charge in [-0.15, -0.1) is 5.01 Å². The highest BCUT2D eigenvalue weighted by molar-refractivity contribution is 14.1. The average molecular weight is 449 g/mol. The van der Waals surface area contributed by atoms with E-state index in [9.17, 15) is 9.59 Å². The molecule has 1 aliphatic rings. The Hall–Kier alpha value is -2.42. The number of ether oxygens (including phenoxy) is 1. The summed E-state index contributed by atoms with van der Waals surface area (Å²) in [6.45, 7) is 1.66. The van der Waals surface area contributed by atoms with Crippen LogP contribution in [0.4, 0.5) is 4.79 Å². The van der Waals surface area contributed by atoms with Gasteiger partial charge in [-0.2, -0.15) is 5.10 Å². The molecule has 128 valence electrons. The fraction of sp³-hybridized carbons (Fsp3) is 0.167. The van der Waals surface area contributed by atoms with Crippen molar-refractivity contribution in [3.05, 3.63) is 63.2 Å². The van der Waals surface area contributed by atoms with Gasteiger partial charge in [0.25, 0.3) is 5.91 Å². The van der Waals surface area contributed by atoms with Crippen molar-refractivity contribution in [3.63, 3.8) is 0 Å². The topological polar surface area (TPSA) is 71.0 Å². The molecular weight excluding hydrogens is 433 g/mol. The summed E-state index contributed by atoms with van der Waals surface area (Å²) in [5.74, 6) is 0.252. The molecule has 7 heteroatoms. The van der Waals surface area contributed by atoms with Gasteiger partial charge in [0.05, 0.1) is 13.3 Å². The van der Waals surface area contributed by atoms with Crippen LogP contribution < -0.4 is 10.1 Å². The van der Waals surface area contributed by atoms with Crippen molar-refractivity contribution in [2.45, 2.75) is 12.5 Å². The van der Waals surface area contributed by atoms with Crippen LogP contribution >= 0.6 is 22.6 Å². The molecule has 1 fully saturated rings. The zero-order valence-electron chi connectivity index (χ0n) is 13.7. The second-order valence-corrected chi connectivity index (χ2v) is 6.83. The maximum atomic E-state index is 12.8. The monoisotopic (exact) mass is 449 g/mol. The second kappa shape index (κ2) is 6.83. The van der Waals surface area contributed by atoms with Crippen molar-refractivity contribution < 1.29 is 14.3 Å². The van der Waals surface area contributed by atoms with Gasteiger partial charge in [0.2, 0.25) is 0 Å². The summed E-state index contributed by atoms with van der Waals surface area (Å²) in [5.41, 5.74) is 0.338. The molecule has 0 saturated carbocycles. The Morgan fingerprint density at radius 2 is 1.84 bits per heavy atom. The van der Waals surface area contributed by atoms with E-state index in [2.05, 4.69) is 33.0 Å². The number of hydrogen-bond acceptors (Lipinski definition) is 4. The summed E-state index contributed by atoms with van der Waals surface area (Å²) in [7, 11) is 1.57. The van der Waals surface area contributed by atoms with E-state index in [0.29, 0.717) is 11.3 Å². The third-order valence-electron chi connectivity index (χ3n) is 4.05. The van der Waals surface area contributed by atoms with E-state index in [1.54, 1.807) is 38.3 Å². The molecule has 6 nitrogen and oxygen atoms in total. The van der Waals surface area contributed by atoms with E-state index in [1.165, 1.54) is 6.21 Å². The van der Waals surface area contributed by atoms with Crippen molar-refractivity contribution in [1.29, 1.82) is 0 Å². The number of hydrogen-bond donors (Lipinski definition) is 1. The molecule has 1 aliphatic heterocycles. The van der Waals surface area contributed by atoms with Crippen LogP contribution in [0, 0.1) is 3.57 Å². The van der Waals surface area contributed by atoms with Crippen LogP contribution in [0.1, 0.15) is 18.1 Å². The Morgan fingerprint density at radius 1 is 1.16 bits per heavy atom. The number of carbonyl (C=O) groups excluding carboxylic acids is 2. The number of rotatable bonds is 4. The smallest absolute Gasteiger partial charge is 0.346 e. The molecule has 1 saturated heterocycles. The highest BCUT2D eigenvalue weighted by atomic mass is 127. The maximum absolute atomic E-state index is 12.8. The van der Waals surface area contributed by atoms with Crippen molar-refractivity contribution in [3.8, 4) is 5.75 Å². The Kier molecular flexibility index (Phi) is 4.76. The average Bonchev–Trinajstić information content (AvgIpc) is 2.84.